The topological polar surface area (TPSA) is 98.8 Å². The number of carbonyl (C=O) groups excluding carboxylic acids is 2. The first kappa shape index (κ1) is 20.6. The molecule has 1 fully saturated rings. The highest BCUT2D eigenvalue weighted by Gasteiger charge is 2.29. The number of esters is 1. The molecule has 1 saturated heterocycles. The normalized spacial score (nSPS) is 19.6. The van der Waals surface area contributed by atoms with Gasteiger partial charge in [0.2, 0.25) is 0 Å². The molecule has 26 heavy (non-hydrogen) atoms. The number of hydrogen-bond donors (Lipinski definition) is 1. The summed E-state index contributed by atoms with van der Waals surface area (Å²) >= 11 is 1.25. The van der Waals surface area contributed by atoms with Crippen LogP contribution in [0.1, 0.15) is 18.9 Å². The summed E-state index contributed by atoms with van der Waals surface area (Å²) in [4.78, 5) is 24.2. The molecule has 0 unspecified atom stereocenters. The Labute approximate surface area is 157 Å². The number of amides is 1. The molecular formula is C17H23NO6S2. The van der Waals surface area contributed by atoms with Gasteiger partial charge in [0.25, 0.3) is 5.91 Å². The second-order valence-electron chi connectivity index (χ2n) is 6.16. The average molecular weight is 402 g/mol. The van der Waals surface area contributed by atoms with E-state index in [1.165, 1.54) is 25.8 Å². The van der Waals surface area contributed by atoms with Crippen molar-refractivity contribution in [2.75, 3.05) is 29.7 Å². The van der Waals surface area contributed by atoms with Crippen molar-refractivity contribution in [3.05, 3.63) is 23.8 Å². The van der Waals surface area contributed by atoms with E-state index < -0.39 is 27.8 Å². The van der Waals surface area contributed by atoms with E-state index in [-0.39, 0.29) is 22.5 Å². The van der Waals surface area contributed by atoms with Gasteiger partial charge in [0.15, 0.2) is 15.9 Å². The summed E-state index contributed by atoms with van der Waals surface area (Å²) in [6.45, 7) is 3.37. The molecule has 1 N–H and O–H groups in total. The number of methoxy groups -OCH3 is 1. The van der Waals surface area contributed by atoms with Crippen molar-refractivity contribution in [2.24, 2.45) is 0 Å². The van der Waals surface area contributed by atoms with Crippen LogP contribution < -0.4 is 10.1 Å². The number of aryl methyl sites for hydroxylation is 1. The summed E-state index contributed by atoms with van der Waals surface area (Å²) in [6.07, 6.45) is -0.427. The molecule has 1 aromatic carbocycles. The predicted molar refractivity (Wildman–Crippen MR) is 101 cm³/mol. The van der Waals surface area contributed by atoms with Gasteiger partial charge in [-0.25, -0.2) is 8.42 Å². The number of anilines is 1. The number of hydrogen-bond acceptors (Lipinski definition) is 7. The van der Waals surface area contributed by atoms with E-state index >= 15 is 0 Å². The molecule has 1 aromatic rings. The lowest BCUT2D eigenvalue weighted by Gasteiger charge is -2.16. The van der Waals surface area contributed by atoms with Crippen LogP contribution in [0.3, 0.4) is 0 Å². The van der Waals surface area contributed by atoms with E-state index in [9.17, 15) is 18.0 Å². The molecule has 0 spiro atoms. The van der Waals surface area contributed by atoms with Crippen LogP contribution in [0.2, 0.25) is 0 Å². The van der Waals surface area contributed by atoms with Gasteiger partial charge < -0.3 is 14.8 Å². The molecule has 1 heterocycles. The van der Waals surface area contributed by atoms with Crippen molar-refractivity contribution in [1.82, 2.24) is 0 Å². The van der Waals surface area contributed by atoms with E-state index in [0.29, 0.717) is 17.9 Å². The Kier molecular flexibility index (Phi) is 6.94. The quantitative estimate of drug-likeness (QED) is 0.696. The highest BCUT2D eigenvalue weighted by molar-refractivity contribution is 8.02. The molecule has 0 aromatic heterocycles. The van der Waals surface area contributed by atoms with E-state index in [1.807, 2.05) is 13.0 Å². The Morgan fingerprint density at radius 2 is 2.12 bits per heavy atom. The third-order valence-corrected chi connectivity index (χ3v) is 7.17. The average Bonchev–Trinajstić information content (AvgIpc) is 2.92. The summed E-state index contributed by atoms with van der Waals surface area (Å²) < 4.78 is 33.2. The van der Waals surface area contributed by atoms with Crippen LogP contribution in [0, 0.1) is 6.92 Å². The standard InChI is InChI=1S/C17H23NO6S2/c1-11-4-5-15(23-3)14(8-11)18-17(20)12(2)24-16(19)9-25-13-6-7-26(21,22)10-13/h4-5,8,12-13H,6-7,9-10H2,1-3H3,(H,18,20)/t12-,13+/m0/s1. The number of carbonyl (C=O) groups is 2. The first-order valence-electron chi connectivity index (χ1n) is 8.17. The third-order valence-electron chi connectivity index (χ3n) is 3.92. The fraction of sp³-hybridized carbons (Fsp3) is 0.529. The van der Waals surface area contributed by atoms with Crippen molar-refractivity contribution in [2.45, 2.75) is 31.6 Å². The molecule has 0 bridgehead atoms. The zero-order valence-corrected chi connectivity index (χ0v) is 16.6. The first-order chi connectivity index (χ1) is 12.2. The number of sulfone groups is 1. The van der Waals surface area contributed by atoms with E-state index in [0.717, 1.165) is 5.56 Å². The molecular weight excluding hydrogens is 378 g/mol. The predicted octanol–water partition coefficient (Wildman–Crippen LogP) is 1.79. The summed E-state index contributed by atoms with van der Waals surface area (Å²) in [7, 11) is -1.47. The van der Waals surface area contributed by atoms with Crippen molar-refractivity contribution in [3.8, 4) is 5.75 Å². The minimum atomic E-state index is -2.97. The highest BCUT2D eigenvalue weighted by atomic mass is 32.2. The van der Waals surface area contributed by atoms with Gasteiger partial charge in [-0.15, -0.1) is 11.8 Å². The fourth-order valence-corrected chi connectivity index (χ4v) is 5.94. The minimum Gasteiger partial charge on any atom is -0.495 e. The van der Waals surface area contributed by atoms with Gasteiger partial charge in [0, 0.05) is 5.25 Å². The Morgan fingerprint density at radius 3 is 2.73 bits per heavy atom. The van der Waals surface area contributed by atoms with E-state index in [4.69, 9.17) is 9.47 Å². The lowest BCUT2D eigenvalue weighted by molar-refractivity contribution is -0.150. The van der Waals surface area contributed by atoms with Gasteiger partial charge in [0.1, 0.15) is 5.75 Å². The van der Waals surface area contributed by atoms with Crippen LogP contribution in [0.15, 0.2) is 18.2 Å². The number of nitrogens with one attached hydrogen (secondary N) is 1. The van der Waals surface area contributed by atoms with Crippen LogP contribution in [-0.4, -0.2) is 56.0 Å². The van der Waals surface area contributed by atoms with Crippen molar-refractivity contribution < 1.29 is 27.5 Å². The second-order valence-corrected chi connectivity index (χ2v) is 9.68. The van der Waals surface area contributed by atoms with Gasteiger partial charge in [-0.3, -0.25) is 9.59 Å². The molecule has 0 radical (unpaired) electrons. The smallest absolute Gasteiger partial charge is 0.316 e. The van der Waals surface area contributed by atoms with Crippen LogP contribution >= 0.6 is 11.8 Å². The van der Waals surface area contributed by atoms with Gasteiger partial charge in [-0.05, 0) is 38.0 Å². The maximum absolute atomic E-state index is 12.2. The van der Waals surface area contributed by atoms with Crippen molar-refractivity contribution in [1.29, 1.82) is 0 Å². The molecule has 9 heteroatoms. The molecule has 2 atom stereocenters. The molecule has 2 rings (SSSR count). The maximum Gasteiger partial charge on any atom is 0.316 e. The monoisotopic (exact) mass is 401 g/mol. The number of rotatable bonds is 7. The van der Waals surface area contributed by atoms with E-state index in [1.54, 1.807) is 12.1 Å². The highest BCUT2D eigenvalue weighted by Crippen LogP contribution is 2.26. The summed E-state index contributed by atoms with van der Waals surface area (Å²) in [5.74, 6) is -0.217. The minimum absolute atomic E-state index is 0.0194. The van der Waals surface area contributed by atoms with Crippen molar-refractivity contribution >= 4 is 39.2 Å². The lowest BCUT2D eigenvalue weighted by atomic mass is 10.2. The number of ether oxygens (including phenoxy) is 2. The number of benzene rings is 1. The Morgan fingerprint density at radius 1 is 1.38 bits per heavy atom. The Hall–Kier alpha value is -1.74. The zero-order valence-electron chi connectivity index (χ0n) is 15.0. The van der Waals surface area contributed by atoms with Gasteiger partial charge in [-0.1, -0.05) is 6.07 Å². The molecule has 1 aliphatic rings. The summed E-state index contributed by atoms with van der Waals surface area (Å²) in [5, 5.41) is 2.60. The molecule has 144 valence electrons. The SMILES string of the molecule is COc1ccc(C)cc1NC(=O)[C@H](C)OC(=O)CS[C@@H]1CCS(=O)(=O)C1. The summed E-state index contributed by atoms with van der Waals surface area (Å²) in [6, 6.07) is 5.37. The van der Waals surface area contributed by atoms with Crippen LogP contribution in [0.25, 0.3) is 0 Å². The number of thioether (sulfide) groups is 1. The molecule has 1 amide bonds. The first-order valence-corrected chi connectivity index (χ1v) is 11.0. The Balaban J connectivity index is 1.83. The fourth-order valence-electron chi connectivity index (χ4n) is 2.52. The maximum atomic E-state index is 12.2. The third kappa shape index (κ3) is 5.91. The molecule has 1 aliphatic heterocycles. The van der Waals surface area contributed by atoms with E-state index in [2.05, 4.69) is 5.32 Å². The molecule has 0 saturated carbocycles. The molecule has 0 aliphatic carbocycles. The van der Waals surface area contributed by atoms with Crippen LogP contribution in [0.4, 0.5) is 5.69 Å². The van der Waals surface area contributed by atoms with Gasteiger partial charge in [-0.2, -0.15) is 0 Å². The van der Waals surface area contributed by atoms with Crippen LogP contribution in [-0.2, 0) is 24.2 Å². The second kappa shape index (κ2) is 8.77. The van der Waals surface area contributed by atoms with Crippen LogP contribution in [0.5, 0.6) is 5.75 Å². The largest absolute Gasteiger partial charge is 0.495 e. The molecule has 7 nitrogen and oxygen atoms in total. The van der Waals surface area contributed by atoms with Gasteiger partial charge in [0.05, 0.1) is 30.1 Å². The summed E-state index contributed by atoms with van der Waals surface area (Å²) in [5.41, 5.74) is 1.46. The lowest BCUT2D eigenvalue weighted by Crippen LogP contribution is -2.31. The Bertz CT molecular complexity index is 777. The zero-order chi connectivity index (χ0) is 19.3. The van der Waals surface area contributed by atoms with Crippen molar-refractivity contribution in [3.63, 3.8) is 0 Å². The van der Waals surface area contributed by atoms with Gasteiger partial charge >= 0.3 is 5.97 Å².